The number of hydrogen-bond donors (Lipinski definition) is 2. The highest BCUT2D eigenvalue weighted by Gasteiger charge is 2.38. The number of ether oxygens (including phenoxy) is 1. The predicted octanol–water partition coefficient (Wildman–Crippen LogP) is 3.98. The first kappa shape index (κ1) is 21.3. The van der Waals surface area contributed by atoms with Gasteiger partial charge in [-0.15, -0.1) is 0 Å². The number of amides is 1. The summed E-state index contributed by atoms with van der Waals surface area (Å²) in [4.78, 5) is 19.1. The van der Waals surface area contributed by atoms with Crippen LogP contribution in [0.1, 0.15) is 16.8 Å². The van der Waals surface area contributed by atoms with Gasteiger partial charge in [0.15, 0.2) is 5.82 Å². The van der Waals surface area contributed by atoms with E-state index in [-0.39, 0.29) is 34.3 Å². The van der Waals surface area contributed by atoms with Gasteiger partial charge in [0, 0.05) is 31.4 Å². The van der Waals surface area contributed by atoms with Crippen LogP contribution in [0.2, 0.25) is 0 Å². The van der Waals surface area contributed by atoms with Crippen LogP contribution in [0.3, 0.4) is 0 Å². The molecule has 0 saturated carbocycles. The average molecular weight is 454 g/mol. The number of piperazine rings is 1. The zero-order valence-corrected chi connectivity index (χ0v) is 17.7. The molecule has 3 heterocycles. The minimum absolute atomic E-state index is 0.0871. The van der Waals surface area contributed by atoms with Crippen molar-refractivity contribution in [1.29, 1.82) is 0 Å². The van der Waals surface area contributed by atoms with Gasteiger partial charge in [-0.3, -0.25) is 9.78 Å². The van der Waals surface area contributed by atoms with Crippen LogP contribution in [-0.4, -0.2) is 43.2 Å². The van der Waals surface area contributed by atoms with Crippen molar-refractivity contribution < 1.29 is 22.7 Å². The number of aromatic nitrogens is 1. The van der Waals surface area contributed by atoms with E-state index in [4.69, 9.17) is 4.74 Å². The summed E-state index contributed by atoms with van der Waals surface area (Å²) in [6.07, 6.45) is 2.19. The maximum Gasteiger partial charge on any atom is 0.258 e. The van der Waals surface area contributed by atoms with Crippen LogP contribution in [0.25, 0.3) is 11.3 Å². The van der Waals surface area contributed by atoms with Crippen molar-refractivity contribution in [3.63, 3.8) is 0 Å². The fourth-order valence-corrected chi connectivity index (χ4v) is 4.60. The molecule has 9 heteroatoms. The van der Waals surface area contributed by atoms with Crippen molar-refractivity contribution in [2.45, 2.75) is 18.5 Å². The van der Waals surface area contributed by atoms with E-state index in [1.807, 2.05) is 0 Å². The Hall–Kier alpha value is -3.59. The molecule has 170 valence electrons. The Kier molecular flexibility index (Phi) is 5.41. The molecule has 0 spiro atoms. The van der Waals surface area contributed by atoms with Crippen molar-refractivity contribution in [3.05, 3.63) is 71.7 Å². The van der Waals surface area contributed by atoms with Gasteiger partial charge in [-0.1, -0.05) is 6.07 Å². The van der Waals surface area contributed by atoms with Crippen LogP contribution in [-0.2, 0) is 0 Å². The van der Waals surface area contributed by atoms with E-state index in [1.54, 1.807) is 6.07 Å². The maximum atomic E-state index is 15.4. The molecule has 0 unspecified atom stereocenters. The zero-order valence-electron chi connectivity index (χ0n) is 17.7. The smallest absolute Gasteiger partial charge is 0.258 e. The predicted molar refractivity (Wildman–Crippen MR) is 118 cm³/mol. The molecule has 1 amide bonds. The highest BCUT2D eigenvalue weighted by molar-refractivity contribution is 6.06. The lowest BCUT2D eigenvalue weighted by Crippen LogP contribution is -2.44. The number of hydrogen-bond acceptors (Lipinski definition) is 5. The van der Waals surface area contributed by atoms with Crippen LogP contribution in [0, 0.1) is 17.5 Å². The number of nitrogens with one attached hydrogen (secondary N) is 2. The molecule has 6 nitrogen and oxygen atoms in total. The molecule has 2 aliphatic rings. The third-order valence-electron chi connectivity index (χ3n) is 6.14. The molecule has 2 atom stereocenters. The van der Waals surface area contributed by atoms with Gasteiger partial charge < -0.3 is 20.3 Å². The molecular weight excluding hydrogens is 433 g/mol. The summed E-state index contributed by atoms with van der Waals surface area (Å²) in [6.45, 7) is 1.54. The molecule has 5 rings (SSSR count). The monoisotopic (exact) mass is 454 g/mol. The van der Waals surface area contributed by atoms with E-state index in [2.05, 4.69) is 20.5 Å². The highest BCUT2D eigenvalue weighted by Crippen LogP contribution is 2.36. The molecule has 3 aromatic rings. The number of carbonyl (C=O) groups excluding carboxylic acids is 1. The minimum Gasteiger partial charge on any atom is -0.496 e. The molecule has 2 aromatic carbocycles. The minimum atomic E-state index is -0.999. The molecule has 2 bridgehead atoms. The lowest BCUT2D eigenvalue weighted by atomic mass is 10.1. The van der Waals surface area contributed by atoms with Crippen molar-refractivity contribution in [2.75, 3.05) is 30.4 Å². The molecule has 2 saturated heterocycles. The molecular formula is C24H21F3N4O2. The van der Waals surface area contributed by atoms with E-state index in [1.165, 1.54) is 43.6 Å². The lowest BCUT2D eigenvalue weighted by molar-refractivity contribution is 0.102. The number of nitrogens with zero attached hydrogens (tertiary/aromatic N) is 2. The molecule has 0 aliphatic carbocycles. The Morgan fingerprint density at radius 1 is 1.21 bits per heavy atom. The Balaban J connectivity index is 1.49. The number of methoxy groups -OCH3 is 1. The summed E-state index contributed by atoms with van der Waals surface area (Å²) >= 11 is 0. The first-order valence-electron chi connectivity index (χ1n) is 10.5. The first-order chi connectivity index (χ1) is 16.0. The Morgan fingerprint density at radius 2 is 2.06 bits per heavy atom. The fourth-order valence-electron chi connectivity index (χ4n) is 4.60. The van der Waals surface area contributed by atoms with Crippen molar-refractivity contribution in [1.82, 2.24) is 10.3 Å². The summed E-state index contributed by atoms with van der Waals surface area (Å²) in [5, 5.41) is 6.03. The standard InChI is InChI=1S/C24H21F3N4O2/c1-33-20-4-2-3-17(26)21(20)23-22(27)16(7-8-28-23)24(32)30-18-9-13(25)5-6-19(18)31-12-14-10-15(31)11-29-14/h2-9,14-15,29H,10-12H2,1H3,(H,30,32)/t14-,15-/m0/s1. The fraction of sp³-hybridized carbons (Fsp3) is 0.250. The third-order valence-corrected chi connectivity index (χ3v) is 6.14. The summed E-state index contributed by atoms with van der Waals surface area (Å²) in [5.74, 6) is -2.96. The molecule has 33 heavy (non-hydrogen) atoms. The van der Waals surface area contributed by atoms with Crippen LogP contribution in [0.15, 0.2) is 48.7 Å². The van der Waals surface area contributed by atoms with E-state index in [0.29, 0.717) is 11.7 Å². The van der Waals surface area contributed by atoms with Gasteiger partial charge in [-0.05, 0) is 42.8 Å². The van der Waals surface area contributed by atoms with Gasteiger partial charge in [0.1, 0.15) is 23.1 Å². The summed E-state index contributed by atoms with van der Waals surface area (Å²) in [6, 6.07) is 10.0. The topological polar surface area (TPSA) is 66.5 Å². The lowest BCUT2D eigenvalue weighted by Gasteiger charge is -2.31. The normalized spacial score (nSPS) is 19.1. The molecule has 1 aromatic heterocycles. The second-order valence-electron chi connectivity index (χ2n) is 8.10. The average Bonchev–Trinajstić information content (AvgIpc) is 3.43. The Morgan fingerprint density at radius 3 is 2.79 bits per heavy atom. The number of carbonyl (C=O) groups is 1. The molecule has 2 aliphatic heterocycles. The second kappa shape index (κ2) is 8.40. The largest absolute Gasteiger partial charge is 0.496 e. The van der Waals surface area contributed by atoms with Gasteiger partial charge in [0.05, 0.1) is 29.6 Å². The van der Waals surface area contributed by atoms with Gasteiger partial charge in [0.2, 0.25) is 0 Å². The zero-order chi connectivity index (χ0) is 23.1. The number of rotatable bonds is 5. The van der Waals surface area contributed by atoms with Crippen LogP contribution >= 0.6 is 0 Å². The SMILES string of the molecule is COc1cccc(F)c1-c1nccc(C(=O)Nc2cc(F)ccc2N2C[C@@H]3C[C@H]2CN3)c1F. The van der Waals surface area contributed by atoms with E-state index < -0.39 is 23.4 Å². The number of pyridine rings is 1. The van der Waals surface area contributed by atoms with Gasteiger partial charge in [0.25, 0.3) is 5.91 Å². The first-order valence-corrected chi connectivity index (χ1v) is 10.5. The Labute approximate surface area is 188 Å². The summed E-state index contributed by atoms with van der Waals surface area (Å²) in [5.41, 5.74) is 0.0438. The van der Waals surface area contributed by atoms with Gasteiger partial charge >= 0.3 is 0 Å². The van der Waals surface area contributed by atoms with E-state index >= 15 is 4.39 Å². The van der Waals surface area contributed by atoms with Crippen LogP contribution < -0.4 is 20.3 Å². The maximum absolute atomic E-state index is 15.4. The quantitative estimate of drug-likeness (QED) is 0.611. The molecule has 2 fully saturated rings. The third kappa shape index (κ3) is 3.78. The number of benzene rings is 2. The van der Waals surface area contributed by atoms with E-state index in [0.717, 1.165) is 25.6 Å². The van der Waals surface area contributed by atoms with Crippen LogP contribution in [0.4, 0.5) is 24.5 Å². The number of anilines is 2. The Bertz CT molecular complexity index is 1240. The van der Waals surface area contributed by atoms with E-state index in [9.17, 15) is 13.6 Å². The number of halogens is 3. The second-order valence-corrected chi connectivity index (χ2v) is 8.10. The van der Waals surface area contributed by atoms with Crippen molar-refractivity contribution in [2.24, 2.45) is 0 Å². The van der Waals surface area contributed by atoms with Gasteiger partial charge in [-0.25, -0.2) is 13.2 Å². The van der Waals surface area contributed by atoms with Crippen molar-refractivity contribution >= 4 is 17.3 Å². The number of fused-ring (bicyclic) bond motifs is 2. The van der Waals surface area contributed by atoms with Crippen molar-refractivity contribution in [3.8, 4) is 17.0 Å². The summed E-state index contributed by atoms with van der Waals surface area (Å²) < 4.78 is 49.0. The van der Waals surface area contributed by atoms with Crippen LogP contribution in [0.5, 0.6) is 5.75 Å². The van der Waals surface area contributed by atoms with Gasteiger partial charge in [-0.2, -0.15) is 0 Å². The molecule has 2 N–H and O–H groups in total. The molecule has 0 radical (unpaired) electrons. The summed E-state index contributed by atoms with van der Waals surface area (Å²) in [7, 11) is 1.33. The highest BCUT2D eigenvalue weighted by atomic mass is 19.1.